The van der Waals surface area contributed by atoms with E-state index in [4.69, 9.17) is 4.74 Å². The second kappa shape index (κ2) is 5.96. The maximum atomic E-state index is 9.18. The lowest BCUT2D eigenvalue weighted by Gasteiger charge is -2.10. The van der Waals surface area contributed by atoms with Gasteiger partial charge in [0.05, 0.1) is 12.2 Å². The van der Waals surface area contributed by atoms with E-state index < -0.39 is 0 Å². The van der Waals surface area contributed by atoms with Crippen molar-refractivity contribution in [2.75, 3.05) is 6.61 Å². The predicted molar refractivity (Wildman–Crippen MR) is 72.5 cm³/mol. The Morgan fingerprint density at radius 3 is 2.63 bits per heavy atom. The lowest BCUT2D eigenvalue weighted by molar-refractivity contribution is 0.270. The van der Waals surface area contributed by atoms with Crippen LogP contribution in [0.3, 0.4) is 0 Å². The summed E-state index contributed by atoms with van der Waals surface area (Å²) in [5.41, 5.74) is 1.32. The van der Waals surface area contributed by atoms with Gasteiger partial charge in [-0.3, -0.25) is 0 Å². The minimum absolute atomic E-state index is 0.420. The number of nitrogens with zero attached hydrogens (tertiary/aromatic N) is 3. The van der Waals surface area contributed by atoms with Gasteiger partial charge in [-0.1, -0.05) is 13.8 Å². The first kappa shape index (κ1) is 13.0. The molecule has 0 fully saturated rings. The molecule has 0 amide bonds. The highest BCUT2D eigenvalue weighted by atomic mass is 16.5. The van der Waals surface area contributed by atoms with E-state index in [0.717, 1.165) is 5.56 Å². The molecule has 0 unspecified atom stereocenters. The van der Waals surface area contributed by atoms with E-state index in [2.05, 4.69) is 29.9 Å². The van der Waals surface area contributed by atoms with E-state index in [-0.39, 0.29) is 0 Å². The Kier molecular flexibility index (Phi) is 4.09. The van der Waals surface area contributed by atoms with Gasteiger partial charge in [0, 0.05) is 18.0 Å². The minimum atomic E-state index is 0.420. The first-order chi connectivity index (χ1) is 9.20. The van der Waals surface area contributed by atoms with Gasteiger partial charge in [0.15, 0.2) is 5.82 Å². The molecule has 0 radical (unpaired) electrons. The van der Waals surface area contributed by atoms with Crippen LogP contribution in [0.25, 0.3) is 11.4 Å². The summed E-state index contributed by atoms with van der Waals surface area (Å²) in [6.07, 6.45) is 3.36. The second-order valence-corrected chi connectivity index (χ2v) is 4.60. The number of benzene rings is 1. The Labute approximate surface area is 112 Å². The highest BCUT2D eigenvalue weighted by Crippen LogP contribution is 2.24. The molecule has 96 valence electrons. The Balaban J connectivity index is 2.29. The highest BCUT2D eigenvalue weighted by Gasteiger charge is 2.08. The Morgan fingerprint density at radius 1 is 1.26 bits per heavy atom. The fourth-order valence-corrected chi connectivity index (χ4v) is 1.59. The van der Waals surface area contributed by atoms with Gasteiger partial charge in [-0.15, -0.1) is 0 Å². The molecule has 0 saturated heterocycles. The van der Waals surface area contributed by atoms with E-state index in [1.54, 1.807) is 30.6 Å². The number of aromatic nitrogens is 2. The van der Waals surface area contributed by atoms with Gasteiger partial charge in [-0.2, -0.15) is 5.26 Å². The Hall–Kier alpha value is -2.41. The van der Waals surface area contributed by atoms with Crippen molar-refractivity contribution in [1.29, 1.82) is 5.26 Å². The zero-order chi connectivity index (χ0) is 13.7. The molecule has 0 spiro atoms. The van der Waals surface area contributed by atoms with Crippen LogP contribution in [0.15, 0.2) is 36.7 Å². The molecule has 1 aromatic heterocycles. The summed E-state index contributed by atoms with van der Waals surface area (Å²) in [6, 6.07) is 9.33. The van der Waals surface area contributed by atoms with E-state index in [1.165, 1.54) is 0 Å². The topological polar surface area (TPSA) is 58.8 Å². The molecule has 0 atom stereocenters. The van der Waals surface area contributed by atoms with Crippen molar-refractivity contribution >= 4 is 0 Å². The molecule has 0 aliphatic rings. The van der Waals surface area contributed by atoms with Gasteiger partial charge in [-0.05, 0) is 30.2 Å². The molecule has 0 saturated carbocycles. The third-order valence-electron chi connectivity index (χ3n) is 2.50. The van der Waals surface area contributed by atoms with Gasteiger partial charge in [0.2, 0.25) is 0 Å². The number of hydrogen-bond acceptors (Lipinski definition) is 4. The van der Waals surface area contributed by atoms with Crippen molar-refractivity contribution in [3.8, 4) is 23.2 Å². The maximum absolute atomic E-state index is 9.18. The summed E-state index contributed by atoms with van der Waals surface area (Å²) in [5, 5.41) is 9.18. The summed E-state index contributed by atoms with van der Waals surface area (Å²) < 4.78 is 5.62. The maximum Gasteiger partial charge on any atom is 0.159 e. The summed E-state index contributed by atoms with van der Waals surface area (Å²) in [4.78, 5) is 8.33. The average Bonchev–Trinajstić information content (AvgIpc) is 2.45. The minimum Gasteiger partial charge on any atom is -0.492 e. The zero-order valence-corrected chi connectivity index (χ0v) is 11.0. The molecule has 0 aliphatic heterocycles. The fraction of sp³-hybridized carbons (Fsp3) is 0.267. The zero-order valence-electron chi connectivity index (χ0n) is 11.0. The first-order valence-corrected chi connectivity index (χ1v) is 6.15. The molecule has 4 nitrogen and oxygen atoms in total. The quantitative estimate of drug-likeness (QED) is 0.840. The lowest BCUT2D eigenvalue weighted by atomic mass is 10.1. The predicted octanol–water partition coefficient (Wildman–Crippen LogP) is 3.05. The molecule has 2 rings (SSSR count). The van der Waals surface area contributed by atoms with Gasteiger partial charge in [0.25, 0.3) is 0 Å². The van der Waals surface area contributed by atoms with Gasteiger partial charge < -0.3 is 4.74 Å². The number of nitriles is 1. The molecule has 1 aromatic carbocycles. The van der Waals surface area contributed by atoms with Crippen LogP contribution < -0.4 is 4.74 Å². The first-order valence-electron chi connectivity index (χ1n) is 6.15. The van der Waals surface area contributed by atoms with Crippen LogP contribution in [0, 0.1) is 17.2 Å². The smallest absolute Gasteiger partial charge is 0.159 e. The molecule has 0 aliphatic carbocycles. The SMILES string of the molecule is CC(C)COc1ccc(-c2ncccn2)cc1C#N. The third kappa shape index (κ3) is 3.29. The van der Waals surface area contributed by atoms with Crippen LogP contribution in [-0.4, -0.2) is 16.6 Å². The van der Waals surface area contributed by atoms with Crippen molar-refractivity contribution in [2.45, 2.75) is 13.8 Å². The standard InChI is InChI=1S/C15H15N3O/c1-11(2)10-19-14-5-4-12(8-13(14)9-16)15-17-6-3-7-18-15/h3-8,11H,10H2,1-2H3. The van der Waals surface area contributed by atoms with E-state index in [9.17, 15) is 5.26 Å². The molecule has 0 N–H and O–H groups in total. The molecule has 4 heteroatoms. The average molecular weight is 253 g/mol. The van der Waals surface area contributed by atoms with E-state index >= 15 is 0 Å². The molecule has 0 bridgehead atoms. The van der Waals surface area contributed by atoms with Crippen molar-refractivity contribution in [2.24, 2.45) is 5.92 Å². The Bertz CT molecular complexity index is 588. The van der Waals surface area contributed by atoms with Crippen LogP contribution in [0.5, 0.6) is 5.75 Å². The van der Waals surface area contributed by atoms with Crippen LogP contribution >= 0.6 is 0 Å². The monoisotopic (exact) mass is 253 g/mol. The van der Waals surface area contributed by atoms with Crippen LogP contribution in [0.2, 0.25) is 0 Å². The van der Waals surface area contributed by atoms with Gasteiger partial charge in [-0.25, -0.2) is 9.97 Å². The fourth-order valence-electron chi connectivity index (χ4n) is 1.59. The van der Waals surface area contributed by atoms with Gasteiger partial charge in [0.1, 0.15) is 11.8 Å². The van der Waals surface area contributed by atoms with Crippen LogP contribution in [0.4, 0.5) is 0 Å². The molecule has 2 aromatic rings. The van der Waals surface area contributed by atoms with Crippen molar-refractivity contribution in [3.63, 3.8) is 0 Å². The number of hydrogen-bond donors (Lipinski definition) is 0. The normalized spacial score (nSPS) is 10.2. The number of ether oxygens (including phenoxy) is 1. The molecular weight excluding hydrogens is 238 g/mol. The molecular formula is C15H15N3O. The highest BCUT2D eigenvalue weighted by molar-refractivity contribution is 5.61. The van der Waals surface area contributed by atoms with Crippen molar-refractivity contribution in [1.82, 2.24) is 9.97 Å². The van der Waals surface area contributed by atoms with Crippen molar-refractivity contribution in [3.05, 3.63) is 42.2 Å². The second-order valence-electron chi connectivity index (χ2n) is 4.60. The molecule has 1 heterocycles. The van der Waals surface area contributed by atoms with Crippen LogP contribution in [-0.2, 0) is 0 Å². The van der Waals surface area contributed by atoms with Crippen LogP contribution in [0.1, 0.15) is 19.4 Å². The van der Waals surface area contributed by atoms with Crippen molar-refractivity contribution < 1.29 is 4.74 Å². The third-order valence-corrected chi connectivity index (χ3v) is 2.50. The van der Waals surface area contributed by atoms with E-state index in [1.807, 2.05) is 6.07 Å². The summed E-state index contributed by atoms with van der Waals surface area (Å²) in [5.74, 6) is 1.63. The summed E-state index contributed by atoms with van der Waals surface area (Å²) in [6.45, 7) is 4.73. The Morgan fingerprint density at radius 2 is 2.00 bits per heavy atom. The summed E-state index contributed by atoms with van der Waals surface area (Å²) in [7, 11) is 0. The van der Waals surface area contributed by atoms with Gasteiger partial charge >= 0.3 is 0 Å². The number of rotatable bonds is 4. The lowest BCUT2D eigenvalue weighted by Crippen LogP contribution is -2.05. The van der Waals surface area contributed by atoms with E-state index in [0.29, 0.717) is 29.7 Å². The summed E-state index contributed by atoms with van der Waals surface area (Å²) >= 11 is 0. The largest absolute Gasteiger partial charge is 0.492 e. The molecule has 19 heavy (non-hydrogen) atoms.